The van der Waals surface area contributed by atoms with Gasteiger partial charge in [0.25, 0.3) is 0 Å². The molecule has 2 unspecified atom stereocenters. The van der Waals surface area contributed by atoms with Gasteiger partial charge in [-0.1, -0.05) is 24.6 Å². The van der Waals surface area contributed by atoms with Gasteiger partial charge in [-0.05, 0) is 55.8 Å². The monoisotopic (exact) mass is 299 g/mol. The molecular weight excluding hydrogens is 277 g/mol. The summed E-state index contributed by atoms with van der Waals surface area (Å²) in [4.78, 5) is 0. The molecule has 0 spiro atoms. The number of ether oxygens (including phenoxy) is 1. The van der Waals surface area contributed by atoms with E-state index in [9.17, 15) is 4.39 Å². The maximum Gasteiger partial charge on any atom is 0.127 e. The summed E-state index contributed by atoms with van der Waals surface area (Å²) in [7, 11) is 0. The molecule has 1 aliphatic heterocycles. The van der Waals surface area contributed by atoms with Gasteiger partial charge in [0.2, 0.25) is 0 Å². The van der Waals surface area contributed by atoms with Crippen LogP contribution in [-0.4, -0.2) is 25.8 Å². The second-order valence-electron chi connectivity index (χ2n) is 5.56. The molecule has 0 aliphatic carbocycles. The van der Waals surface area contributed by atoms with Crippen LogP contribution in [0.4, 0.5) is 4.39 Å². The number of nitrogens with one attached hydrogen (secondary N) is 1. The molecule has 0 saturated carbocycles. The minimum absolute atomic E-state index is 0.205. The summed E-state index contributed by atoms with van der Waals surface area (Å²) < 4.78 is 19.3. The first kappa shape index (κ1) is 15.7. The smallest absolute Gasteiger partial charge is 0.127 e. The molecule has 1 heterocycles. The Labute approximate surface area is 125 Å². The molecule has 1 aromatic carbocycles. The molecule has 1 aromatic rings. The van der Waals surface area contributed by atoms with Crippen molar-refractivity contribution in [1.82, 2.24) is 5.32 Å². The van der Waals surface area contributed by atoms with Crippen molar-refractivity contribution in [2.45, 2.75) is 38.6 Å². The van der Waals surface area contributed by atoms with E-state index in [1.54, 1.807) is 12.1 Å². The molecule has 2 atom stereocenters. The summed E-state index contributed by atoms with van der Waals surface area (Å²) in [6.45, 7) is 4.81. The first-order valence-corrected chi connectivity index (χ1v) is 7.82. The third-order valence-corrected chi connectivity index (χ3v) is 4.04. The highest BCUT2D eigenvalue weighted by atomic mass is 35.5. The van der Waals surface area contributed by atoms with Crippen molar-refractivity contribution >= 4 is 11.6 Å². The average molecular weight is 300 g/mol. The lowest BCUT2D eigenvalue weighted by Crippen LogP contribution is -2.34. The summed E-state index contributed by atoms with van der Waals surface area (Å²) in [6.07, 6.45) is 3.95. The fourth-order valence-corrected chi connectivity index (χ4v) is 2.87. The second kappa shape index (κ2) is 7.96. The Morgan fingerprint density at radius 1 is 1.50 bits per heavy atom. The van der Waals surface area contributed by atoms with Crippen molar-refractivity contribution in [2.75, 3.05) is 19.8 Å². The maximum atomic E-state index is 13.9. The lowest BCUT2D eigenvalue weighted by molar-refractivity contribution is 0.181. The van der Waals surface area contributed by atoms with Crippen LogP contribution >= 0.6 is 11.6 Å². The molecule has 1 N–H and O–H groups in total. The van der Waals surface area contributed by atoms with E-state index in [0.717, 1.165) is 44.6 Å². The normalized spacial score (nSPS) is 20.2. The minimum atomic E-state index is -0.205. The molecule has 1 aliphatic rings. The van der Waals surface area contributed by atoms with Gasteiger partial charge in [-0.2, -0.15) is 0 Å². The second-order valence-corrected chi connectivity index (χ2v) is 5.99. The average Bonchev–Trinajstić information content (AvgIpc) is 2.92. The third-order valence-electron chi connectivity index (χ3n) is 3.81. The molecule has 1 saturated heterocycles. The first-order chi connectivity index (χ1) is 9.69. The zero-order valence-electron chi connectivity index (χ0n) is 12.0. The van der Waals surface area contributed by atoms with Crippen molar-refractivity contribution in [1.29, 1.82) is 0 Å². The number of halogens is 2. The van der Waals surface area contributed by atoms with Crippen LogP contribution in [0.2, 0.25) is 5.02 Å². The Balaban J connectivity index is 1.97. The summed E-state index contributed by atoms with van der Waals surface area (Å²) >= 11 is 5.80. The summed E-state index contributed by atoms with van der Waals surface area (Å²) in [5.41, 5.74) is 0.738. The van der Waals surface area contributed by atoms with Crippen LogP contribution in [0.1, 0.15) is 31.7 Å². The Bertz CT molecular complexity index is 421. The highest BCUT2D eigenvalue weighted by molar-refractivity contribution is 6.30. The highest BCUT2D eigenvalue weighted by Gasteiger charge is 2.21. The Morgan fingerprint density at radius 2 is 2.35 bits per heavy atom. The van der Waals surface area contributed by atoms with Gasteiger partial charge in [0, 0.05) is 24.3 Å². The van der Waals surface area contributed by atoms with Gasteiger partial charge in [0.15, 0.2) is 0 Å². The van der Waals surface area contributed by atoms with Crippen molar-refractivity contribution in [3.05, 3.63) is 34.6 Å². The van der Waals surface area contributed by atoms with Crippen molar-refractivity contribution in [3.63, 3.8) is 0 Å². The molecule has 4 heteroatoms. The molecule has 0 aromatic heterocycles. The number of benzene rings is 1. The third kappa shape index (κ3) is 4.72. The fourth-order valence-electron chi connectivity index (χ4n) is 2.71. The predicted molar refractivity (Wildman–Crippen MR) is 80.7 cm³/mol. The summed E-state index contributed by atoms with van der Waals surface area (Å²) in [6, 6.07) is 5.25. The van der Waals surface area contributed by atoms with Crippen LogP contribution in [0.5, 0.6) is 0 Å². The van der Waals surface area contributed by atoms with E-state index in [0.29, 0.717) is 23.4 Å². The van der Waals surface area contributed by atoms with E-state index in [2.05, 4.69) is 12.2 Å². The van der Waals surface area contributed by atoms with E-state index in [1.807, 2.05) is 0 Å². The van der Waals surface area contributed by atoms with Gasteiger partial charge >= 0.3 is 0 Å². The van der Waals surface area contributed by atoms with Crippen LogP contribution < -0.4 is 5.32 Å². The van der Waals surface area contributed by atoms with Gasteiger partial charge in [-0.3, -0.25) is 0 Å². The van der Waals surface area contributed by atoms with Crippen molar-refractivity contribution in [2.24, 2.45) is 5.92 Å². The molecule has 20 heavy (non-hydrogen) atoms. The predicted octanol–water partition coefficient (Wildman–Crippen LogP) is 3.82. The first-order valence-electron chi connectivity index (χ1n) is 7.44. The summed E-state index contributed by atoms with van der Waals surface area (Å²) in [5.74, 6) is 0.392. The molecular formula is C16H23ClFNO. The van der Waals surface area contributed by atoms with Gasteiger partial charge in [-0.25, -0.2) is 4.39 Å². The Morgan fingerprint density at radius 3 is 3.00 bits per heavy atom. The van der Waals surface area contributed by atoms with Gasteiger partial charge in [0.1, 0.15) is 5.82 Å². The van der Waals surface area contributed by atoms with Crippen molar-refractivity contribution in [3.8, 4) is 0 Å². The Hall–Kier alpha value is -0.640. The molecule has 0 bridgehead atoms. The van der Waals surface area contributed by atoms with E-state index in [1.165, 1.54) is 6.07 Å². The quantitative estimate of drug-likeness (QED) is 0.826. The fraction of sp³-hybridized carbons (Fsp3) is 0.625. The van der Waals surface area contributed by atoms with Gasteiger partial charge < -0.3 is 10.1 Å². The molecule has 0 amide bonds. The minimum Gasteiger partial charge on any atom is -0.381 e. The van der Waals surface area contributed by atoms with Crippen LogP contribution in [0.3, 0.4) is 0 Å². The van der Waals surface area contributed by atoms with E-state index in [4.69, 9.17) is 16.3 Å². The molecule has 2 rings (SSSR count). The van der Waals surface area contributed by atoms with E-state index < -0.39 is 0 Å². The van der Waals surface area contributed by atoms with Gasteiger partial charge in [0.05, 0.1) is 0 Å². The molecule has 1 fully saturated rings. The zero-order chi connectivity index (χ0) is 14.4. The lowest BCUT2D eigenvalue weighted by atomic mass is 9.94. The highest BCUT2D eigenvalue weighted by Crippen LogP contribution is 2.22. The number of hydrogen-bond acceptors (Lipinski definition) is 2. The van der Waals surface area contributed by atoms with E-state index >= 15 is 0 Å². The topological polar surface area (TPSA) is 21.3 Å². The van der Waals surface area contributed by atoms with E-state index in [-0.39, 0.29) is 5.82 Å². The Kier molecular flexibility index (Phi) is 6.27. The van der Waals surface area contributed by atoms with Gasteiger partial charge in [-0.15, -0.1) is 0 Å². The summed E-state index contributed by atoms with van der Waals surface area (Å²) in [5, 5.41) is 3.98. The number of hydrogen-bond donors (Lipinski definition) is 1. The van der Waals surface area contributed by atoms with Crippen LogP contribution in [0.15, 0.2) is 18.2 Å². The standard InChI is InChI=1S/C16H23ClFNO/c1-2-6-19-15(8-12-5-7-20-11-12)9-13-3-4-14(17)10-16(13)18/h3-4,10,12,15,19H,2,5-9,11H2,1H3. The lowest BCUT2D eigenvalue weighted by Gasteiger charge is -2.21. The SMILES string of the molecule is CCCNC(Cc1ccc(Cl)cc1F)CC1CCOC1. The maximum absolute atomic E-state index is 13.9. The number of rotatable bonds is 7. The zero-order valence-corrected chi connectivity index (χ0v) is 12.8. The van der Waals surface area contributed by atoms with Crippen LogP contribution in [0.25, 0.3) is 0 Å². The van der Waals surface area contributed by atoms with Crippen molar-refractivity contribution < 1.29 is 9.13 Å². The molecule has 112 valence electrons. The largest absolute Gasteiger partial charge is 0.381 e. The molecule has 2 nitrogen and oxygen atoms in total. The van der Waals surface area contributed by atoms with Crippen LogP contribution in [0, 0.1) is 11.7 Å². The molecule has 0 radical (unpaired) electrons. The van der Waals surface area contributed by atoms with Crippen LogP contribution in [-0.2, 0) is 11.2 Å².